The van der Waals surface area contributed by atoms with E-state index >= 15 is 0 Å². The minimum Gasteiger partial charge on any atom is -0.488 e. The van der Waals surface area contributed by atoms with E-state index in [0.29, 0.717) is 24.3 Å². The van der Waals surface area contributed by atoms with Gasteiger partial charge in [0.1, 0.15) is 18.1 Å². The minimum atomic E-state index is 0.404. The van der Waals surface area contributed by atoms with Gasteiger partial charge in [-0.2, -0.15) is 0 Å². The lowest BCUT2D eigenvalue weighted by Crippen LogP contribution is -1.94. The van der Waals surface area contributed by atoms with Crippen LogP contribution in [0, 0.1) is 0 Å². The van der Waals surface area contributed by atoms with E-state index in [2.05, 4.69) is 11.6 Å². The summed E-state index contributed by atoms with van der Waals surface area (Å²) in [7, 11) is 0. The van der Waals surface area contributed by atoms with Crippen molar-refractivity contribution in [1.82, 2.24) is 4.98 Å². The van der Waals surface area contributed by atoms with Gasteiger partial charge in [-0.05, 0) is 12.1 Å². The monoisotopic (exact) mass is 163 g/mol. The second kappa shape index (κ2) is 4.28. The first kappa shape index (κ1) is 8.46. The maximum Gasteiger partial charge on any atom is 0.168 e. The highest BCUT2D eigenvalue weighted by atomic mass is 16.5. The third-order valence-corrected chi connectivity index (χ3v) is 1.25. The van der Waals surface area contributed by atoms with Gasteiger partial charge in [0.25, 0.3) is 0 Å². The standard InChI is InChI=1S/C9H9NO2/c1-2-5-12-9-4-3-8(7-11)10-6-9/h2-4,6-7H,1,5H2. The predicted octanol–water partition coefficient (Wildman–Crippen LogP) is 1.46. The van der Waals surface area contributed by atoms with Crippen molar-refractivity contribution in [3.8, 4) is 5.75 Å². The number of aldehydes is 1. The third kappa shape index (κ3) is 2.20. The molecule has 1 aromatic heterocycles. The molecule has 0 aliphatic carbocycles. The van der Waals surface area contributed by atoms with Crippen LogP contribution in [0.2, 0.25) is 0 Å². The van der Waals surface area contributed by atoms with Crippen LogP contribution < -0.4 is 4.74 Å². The average molecular weight is 163 g/mol. The number of hydrogen-bond donors (Lipinski definition) is 0. The summed E-state index contributed by atoms with van der Waals surface area (Å²) in [5, 5.41) is 0. The number of aromatic nitrogens is 1. The van der Waals surface area contributed by atoms with E-state index in [1.807, 2.05) is 0 Å². The first-order valence-corrected chi connectivity index (χ1v) is 3.51. The van der Waals surface area contributed by atoms with Crippen LogP contribution in [0.1, 0.15) is 10.5 Å². The van der Waals surface area contributed by atoms with Gasteiger partial charge in [-0.3, -0.25) is 4.79 Å². The molecule has 1 heterocycles. The predicted molar refractivity (Wildman–Crippen MR) is 45.3 cm³/mol. The first-order chi connectivity index (χ1) is 5.86. The molecule has 0 radical (unpaired) electrons. The van der Waals surface area contributed by atoms with E-state index < -0.39 is 0 Å². The summed E-state index contributed by atoms with van der Waals surface area (Å²) in [6.07, 6.45) is 3.85. The maximum atomic E-state index is 10.2. The second-order valence-corrected chi connectivity index (χ2v) is 2.14. The summed E-state index contributed by atoms with van der Waals surface area (Å²) < 4.78 is 5.16. The number of carbonyl (C=O) groups excluding carboxylic acids is 1. The Morgan fingerprint density at radius 1 is 1.58 bits per heavy atom. The van der Waals surface area contributed by atoms with Gasteiger partial charge in [-0.25, -0.2) is 4.98 Å². The van der Waals surface area contributed by atoms with Crippen molar-refractivity contribution in [3.63, 3.8) is 0 Å². The Bertz CT molecular complexity index is 266. The minimum absolute atomic E-state index is 0.404. The van der Waals surface area contributed by atoms with Crippen molar-refractivity contribution < 1.29 is 9.53 Å². The number of carbonyl (C=O) groups is 1. The fraction of sp³-hybridized carbons (Fsp3) is 0.111. The molecular weight excluding hydrogens is 154 g/mol. The largest absolute Gasteiger partial charge is 0.488 e. The summed E-state index contributed by atoms with van der Waals surface area (Å²) in [6, 6.07) is 3.30. The van der Waals surface area contributed by atoms with Gasteiger partial charge in [-0.1, -0.05) is 12.7 Å². The van der Waals surface area contributed by atoms with Gasteiger partial charge in [0, 0.05) is 0 Å². The second-order valence-electron chi connectivity index (χ2n) is 2.14. The molecule has 1 rings (SSSR count). The van der Waals surface area contributed by atoms with E-state index in [1.54, 1.807) is 18.2 Å². The molecule has 0 aliphatic heterocycles. The lowest BCUT2D eigenvalue weighted by Gasteiger charge is -2.00. The van der Waals surface area contributed by atoms with Crippen LogP contribution in [-0.4, -0.2) is 17.9 Å². The van der Waals surface area contributed by atoms with Crippen LogP contribution in [-0.2, 0) is 0 Å². The van der Waals surface area contributed by atoms with E-state index in [1.165, 1.54) is 6.20 Å². The molecule has 1 aromatic rings. The lowest BCUT2D eigenvalue weighted by atomic mass is 10.4. The smallest absolute Gasteiger partial charge is 0.168 e. The molecule has 0 spiro atoms. The summed E-state index contributed by atoms with van der Waals surface area (Å²) in [5.74, 6) is 0.639. The van der Waals surface area contributed by atoms with Crippen LogP contribution in [0.5, 0.6) is 5.75 Å². The Balaban J connectivity index is 2.64. The molecule has 0 unspecified atom stereocenters. The van der Waals surface area contributed by atoms with E-state index in [0.717, 1.165) is 0 Å². The molecule has 0 bridgehead atoms. The van der Waals surface area contributed by atoms with Gasteiger partial charge in [0.15, 0.2) is 6.29 Å². The molecule has 0 saturated heterocycles. The molecule has 0 aromatic carbocycles. The van der Waals surface area contributed by atoms with Gasteiger partial charge < -0.3 is 4.74 Å². The van der Waals surface area contributed by atoms with Crippen LogP contribution in [0.15, 0.2) is 31.0 Å². The summed E-state index contributed by atoms with van der Waals surface area (Å²) in [5.41, 5.74) is 0.404. The van der Waals surface area contributed by atoms with Crippen molar-refractivity contribution in [2.45, 2.75) is 0 Å². The molecule has 0 amide bonds. The SMILES string of the molecule is C=CCOc1ccc(C=O)nc1. The molecule has 0 fully saturated rings. The zero-order chi connectivity index (χ0) is 8.81. The van der Waals surface area contributed by atoms with Crippen molar-refractivity contribution >= 4 is 6.29 Å². The molecule has 3 heteroatoms. The van der Waals surface area contributed by atoms with Crippen LogP contribution >= 0.6 is 0 Å². The quantitative estimate of drug-likeness (QED) is 0.498. The van der Waals surface area contributed by atoms with E-state index in [4.69, 9.17) is 4.74 Å². The molecule has 0 saturated carbocycles. The maximum absolute atomic E-state index is 10.2. The highest BCUT2D eigenvalue weighted by molar-refractivity contribution is 5.71. The van der Waals surface area contributed by atoms with Crippen LogP contribution in [0.4, 0.5) is 0 Å². The molecule has 0 atom stereocenters. The Labute approximate surface area is 70.7 Å². The number of hydrogen-bond acceptors (Lipinski definition) is 3. The van der Waals surface area contributed by atoms with Crippen molar-refractivity contribution in [2.24, 2.45) is 0 Å². The number of rotatable bonds is 4. The fourth-order valence-electron chi connectivity index (χ4n) is 0.702. The van der Waals surface area contributed by atoms with Gasteiger partial charge in [0.2, 0.25) is 0 Å². The molecule has 0 aliphatic rings. The van der Waals surface area contributed by atoms with E-state index in [9.17, 15) is 4.79 Å². The zero-order valence-corrected chi connectivity index (χ0v) is 6.56. The first-order valence-electron chi connectivity index (χ1n) is 3.51. The molecular formula is C9H9NO2. The van der Waals surface area contributed by atoms with Gasteiger partial charge in [-0.15, -0.1) is 0 Å². The summed E-state index contributed by atoms with van der Waals surface area (Å²) in [4.78, 5) is 14.0. The highest BCUT2D eigenvalue weighted by Crippen LogP contribution is 2.07. The molecule has 0 N–H and O–H groups in total. The fourth-order valence-corrected chi connectivity index (χ4v) is 0.702. The van der Waals surface area contributed by atoms with Gasteiger partial charge >= 0.3 is 0 Å². The van der Waals surface area contributed by atoms with Gasteiger partial charge in [0.05, 0.1) is 6.20 Å². The Kier molecular flexibility index (Phi) is 3.02. The third-order valence-electron chi connectivity index (χ3n) is 1.25. The van der Waals surface area contributed by atoms with Crippen molar-refractivity contribution in [1.29, 1.82) is 0 Å². The number of nitrogens with zero attached hydrogens (tertiary/aromatic N) is 1. The zero-order valence-electron chi connectivity index (χ0n) is 6.56. The van der Waals surface area contributed by atoms with E-state index in [-0.39, 0.29) is 0 Å². The van der Waals surface area contributed by atoms with Crippen LogP contribution in [0.3, 0.4) is 0 Å². The van der Waals surface area contributed by atoms with Crippen LogP contribution in [0.25, 0.3) is 0 Å². The number of ether oxygens (including phenoxy) is 1. The molecule has 3 nitrogen and oxygen atoms in total. The summed E-state index contributed by atoms with van der Waals surface area (Å²) in [6.45, 7) is 3.95. The Morgan fingerprint density at radius 2 is 2.42 bits per heavy atom. The summed E-state index contributed by atoms with van der Waals surface area (Å²) >= 11 is 0. The average Bonchev–Trinajstić information content (AvgIpc) is 2.15. The Morgan fingerprint density at radius 3 is 2.92 bits per heavy atom. The van der Waals surface area contributed by atoms with Crippen molar-refractivity contribution in [3.05, 3.63) is 36.7 Å². The van der Waals surface area contributed by atoms with Crippen molar-refractivity contribution in [2.75, 3.05) is 6.61 Å². The highest BCUT2D eigenvalue weighted by Gasteiger charge is 1.93. The molecule has 12 heavy (non-hydrogen) atoms. The number of pyridine rings is 1. The Hall–Kier alpha value is -1.64. The normalized spacial score (nSPS) is 9.00. The lowest BCUT2D eigenvalue weighted by molar-refractivity contribution is 0.111. The topological polar surface area (TPSA) is 39.2 Å². The molecule has 62 valence electrons.